The van der Waals surface area contributed by atoms with Crippen molar-refractivity contribution in [2.45, 2.75) is 89.2 Å². The number of amides is 1. The van der Waals surface area contributed by atoms with Gasteiger partial charge in [-0.25, -0.2) is 9.78 Å². The quantitative estimate of drug-likeness (QED) is 0.242. The van der Waals surface area contributed by atoms with Crippen molar-refractivity contribution in [2.24, 2.45) is 0 Å². The van der Waals surface area contributed by atoms with E-state index in [-0.39, 0.29) is 23.9 Å². The number of hydrogen-bond acceptors (Lipinski definition) is 7. The molecule has 216 valence electrons. The van der Waals surface area contributed by atoms with Crippen LogP contribution >= 0.6 is 0 Å². The highest BCUT2D eigenvalue weighted by molar-refractivity contribution is 5.66. The van der Waals surface area contributed by atoms with Crippen molar-refractivity contribution < 1.29 is 29.2 Å². The Morgan fingerprint density at radius 3 is 2.51 bits per heavy atom. The summed E-state index contributed by atoms with van der Waals surface area (Å²) in [5.41, 5.74) is 3.00. The average molecular weight is 544 g/mol. The molecule has 0 saturated carbocycles. The highest BCUT2D eigenvalue weighted by atomic mass is 16.5. The molecule has 2 heterocycles. The first-order valence-corrected chi connectivity index (χ1v) is 14.3. The molecule has 2 N–H and O–H groups in total. The van der Waals surface area contributed by atoms with Crippen molar-refractivity contribution in [1.82, 2.24) is 14.9 Å². The Labute approximate surface area is 232 Å². The van der Waals surface area contributed by atoms with Gasteiger partial charge in [-0.2, -0.15) is 4.98 Å². The number of carboxylic acid groups (broad SMARTS) is 1. The highest BCUT2D eigenvalue weighted by Crippen LogP contribution is 2.34. The van der Waals surface area contributed by atoms with Gasteiger partial charge in [0.25, 0.3) is 0 Å². The summed E-state index contributed by atoms with van der Waals surface area (Å²) >= 11 is 0. The van der Waals surface area contributed by atoms with Crippen LogP contribution < -0.4 is 9.47 Å². The molecular formula is C30H45N3O6. The number of methoxy groups -OCH3 is 2. The lowest BCUT2D eigenvalue weighted by atomic mass is 9.91. The molecule has 2 aromatic rings. The lowest BCUT2D eigenvalue weighted by Crippen LogP contribution is -2.39. The molecule has 1 unspecified atom stereocenters. The molecule has 3 rings (SSSR count). The number of aliphatic hydroxyl groups is 1. The fourth-order valence-electron chi connectivity index (χ4n) is 5.32. The molecule has 0 bridgehead atoms. The zero-order chi connectivity index (χ0) is 28.0. The van der Waals surface area contributed by atoms with Crippen molar-refractivity contribution >= 4 is 6.09 Å². The third-order valence-corrected chi connectivity index (χ3v) is 7.57. The lowest BCUT2D eigenvalue weighted by molar-refractivity contribution is 0.0599. The molecule has 1 aliphatic heterocycles. The van der Waals surface area contributed by atoms with Crippen LogP contribution in [0.5, 0.6) is 11.9 Å². The number of nitrogens with zero attached hydrogens (tertiary/aromatic N) is 3. The van der Waals surface area contributed by atoms with E-state index >= 15 is 0 Å². The van der Waals surface area contributed by atoms with Gasteiger partial charge in [0.1, 0.15) is 0 Å². The fraction of sp³-hybridized carbons (Fsp3) is 0.633. The van der Waals surface area contributed by atoms with E-state index in [2.05, 4.69) is 41.2 Å². The maximum atomic E-state index is 11.9. The number of aryl methyl sites for hydroxylation is 1. The van der Waals surface area contributed by atoms with E-state index < -0.39 is 12.2 Å². The third-order valence-electron chi connectivity index (χ3n) is 7.57. The topological polar surface area (TPSA) is 114 Å². The molecule has 0 spiro atoms. The van der Waals surface area contributed by atoms with Gasteiger partial charge in [-0.3, -0.25) is 0 Å². The molecule has 1 aliphatic rings. The van der Waals surface area contributed by atoms with Crippen molar-refractivity contribution in [3.8, 4) is 11.9 Å². The van der Waals surface area contributed by atoms with E-state index in [1.165, 1.54) is 75.0 Å². The predicted molar refractivity (Wildman–Crippen MR) is 150 cm³/mol. The van der Waals surface area contributed by atoms with Gasteiger partial charge < -0.3 is 29.3 Å². The van der Waals surface area contributed by atoms with Crippen molar-refractivity contribution in [2.75, 3.05) is 34.0 Å². The van der Waals surface area contributed by atoms with E-state index in [9.17, 15) is 15.0 Å². The normalized spacial score (nSPS) is 17.8. The third kappa shape index (κ3) is 9.07. The minimum Gasteiger partial charge on any atom is -0.481 e. The van der Waals surface area contributed by atoms with Crippen LogP contribution in [-0.4, -0.2) is 71.2 Å². The first-order chi connectivity index (χ1) is 19.0. The van der Waals surface area contributed by atoms with Gasteiger partial charge in [0.05, 0.1) is 38.5 Å². The minimum absolute atomic E-state index is 0.107. The molecule has 1 aromatic heterocycles. The smallest absolute Gasteiger partial charge is 0.407 e. The van der Waals surface area contributed by atoms with Crippen LogP contribution in [0.15, 0.2) is 30.5 Å². The number of ether oxygens (including phenoxy) is 3. The summed E-state index contributed by atoms with van der Waals surface area (Å²) in [6.45, 7) is 3.47. The summed E-state index contributed by atoms with van der Waals surface area (Å²) in [5.74, 6) is 0.384. The molecule has 39 heavy (non-hydrogen) atoms. The molecular weight excluding hydrogens is 498 g/mol. The lowest BCUT2D eigenvalue weighted by Gasteiger charge is -2.26. The largest absolute Gasteiger partial charge is 0.481 e. The standard InChI is InChI=1S/C30H45N3O6/c1-4-5-6-7-8-9-11-22-13-15-23(16-14-22)24-17-18-33(30(35)36)26(24)21-39-19-10-12-27(34)25-20-31-29(38-3)32-28(25)37-2/h13-16,20,24,26-27,34H,4-12,17-19,21H2,1-3H3,(H,35,36)/t24-,26-,27?/m1/s1. The second-order valence-electron chi connectivity index (χ2n) is 10.3. The van der Waals surface area contributed by atoms with Crippen molar-refractivity contribution in [3.63, 3.8) is 0 Å². The van der Waals surface area contributed by atoms with Gasteiger partial charge in [0.2, 0.25) is 5.88 Å². The number of rotatable bonds is 17. The van der Waals surface area contributed by atoms with E-state index in [1.54, 1.807) is 0 Å². The van der Waals surface area contributed by atoms with Gasteiger partial charge in [0.15, 0.2) is 0 Å². The summed E-state index contributed by atoms with van der Waals surface area (Å²) in [6.07, 6.45) is 10.4. The summed E-state index contributed by atoms with van der Waals surface area (Å²) in [7, 11) is 2.95. The van der Waals surface area contributed by atoms with Crippen LogP contribution in [0, 0.1) is 0 Å². The Morgan fingerprint density at radius 1 is 1.08 bits per heavy atom. The van der Waals surface area contributed by atoms with Crippen LogP contribution in [0.4, 0.5) is 4.79 Å². The van der Waals surface area contributed by atoms with Crippen LogP contribution in [-0.2, 0) is 11.2 Å². The predicted octanol–water partition coefficient (Wildman–Crippen LogP) is 5.76. The number of unbranched alkanes of at least 4 members (excludes halogenated alkanes) is 5. The number of likely N-dealkylation sites (tertiary alicyclic amines) is 1. The second kappa shape index (κ2) is 16.3. The van der Waals surface area contributed by atoms with E-state index in [1.807, 2.05) is 0 Å². The first kappa shape index (κ1) is 30.6. The number of carbonyl (C=O) groups is 1. The van der Waals surface area contributed by atoms with E-state index in [0.29, 0.717) is 38.2 Å². The Bertz CT molecular complexity index is 1000. The molecule has 1 fully saturated rings. The van der Waals surface area contributed by atoms with Gasteiger partial charge in [-0.15, -0.1) is 0 Å². The number of hydrogen-bond donors (Lipinski definition) is 2. The highest BCUT2D eigenvalue weighted by Gasteiger charge is 2.38. The Hall–Kier alpha value is -2.91. The number of aromatic nitrogens is 2. The summed E-state index contributed by atoms with van der Waals surface area (Å²) < 4.78 is 16.2. The molecule has 1 aromatic carbocycles. The molecule has 1 saturated heterocycles. The molecule has 1 amide bonds. The van der Waals surface area contributed by atoms with Crippen LogP contribution in [0.25, 0.3) is 0 Å². The van der Waals surface area contributed by atoms with Gasteiger partial charge >= 0.3 is 12.1 Å². The van der Waals surface area contributed by atoms with Crippen LogP contribution in [0.1, 0.15) is 93.4 Å². The molecule has 0 aliphatic carbocycles. The van der Waals surface area contributed by atoms with Gasteiger partial charge in [-0.05, 0) is 43.2 Å². The molecule has 9 nitrogen and oxygen atoms in total. The summed E-state index contributed by atoms with van der Waals surface area (Å²) in [4.78, 5) is 21.6. The van der Waals surface area contributed by atoms with E-state index in [4.69, 9.17) is 14.2 Å². The monoisotopic (exact) mass is 543 g/mol. The second-order valence-corrected chi connectivity index (χ2v) is 10.3. The molecule has 3 atom stereocenters. The minimum atomic E-state index is -0.909. The zero-order valence-corrected chi connectivity index (χ0v) is 23.7. The van der Waals surface area contributed by atoms with Crippen molar-refractivity contribution in [1.29, 1.82) is 0 Å². The number of benzene rings is 1. The Balaban J connectivity index is 1.48. The van der Waals surface area contributed by atoms with E-state index in [0.717, 1.165) is 12.8 Å². The fourth-order valence-corrected chi connectivity index (χ4v) is 5.32. The zero-order valence-electron chi connectivity index (χ0n) is 23.7. The van der Waals surface area contributed by atoms with Gasteiger partial charge in [-0.1, -0.05) is 63.3 Å². The maximum Gasteiger partial charge on any atom is 0.407 e. The van der Waals surface area contributed by atoms with Crippen LogP contribution in [0.2, 0.25) is 0 Å². The molecule has 9 heteroatoms. The van der Waals surface area contributed by atoms with Gasteiger partial charge in [0, 0.05) is 25.3 Å². The first-order valence-electron chi connectivity index (χ1n) is 14.3. The Kier molecular flexibility index (Phi) is 12.8. The summed E-state index contributed by atoms with van der Waals surface area (Å²) in [6, 6.07) is 8.66. The molecule has 0 radical (unpaired) electrons. The number of aliphatic hydroxyl groups excluding tert-OH is 1. The SMILES string of the molecule is CCCCCCCCc1ccc([C@H]2CCN(C(=O)O)[C@@H]2COCCCC(O)c2cnc(OC)nc2OC)cc1. The van der Waals surface area contributed by atoms with Crippen molar-refractivity contribution in [3.05, 3.63) is 47.2 Å². The average Bonchev–Trinajstić information content (AvgIpc) is 3.38. The Morgan fingerprint density at radius 2 is 1.82 bits per heavy atom. The van der Waals surface area contributed by atoms with Crippen LogP contribution in [0.3, 0.4) is 0 Å². The maximum absolute atomic E-state index is 11.9. The summed E-state index contributed by atoms with van der Waals surface area (Å²) in [5, 5.41) is 20.4.